The molecule has 2 aromatic carbocycles. The molecule has 0 aliphatic carbocycles. The molecule has 0 aromatic heterocycles. The Labute approximate surface area is 99.9 Å². The SMILES string of the molecule is O=C1CC(c2ccccc2)c2ccccc2O1. The maximum Gasteiger partial charge on any atom is 0.312 e. The van der Waals surface area contributed by atoms with E-state index in [4.69, 9.17) is 4.74 Å². The first-order chi connectivity index (χ1) is 8.34. The van der Waals surface area contributed by atoms with Crippen LogP contribution in [0, 0.1) is 0 Å². The molecule has 0 radical (unpaired) electrons. The van der Waals surface area contributed by atoms with Gasteiger partial charge in [0.1, 0.15) is 5.75 Å². The monoisotopic (exact) mass is 224 g/mol. The van der Waals surface area contributed by atoms with Crippen LogP contribution in [-0.4, -0.2) is 5.97 Å². The van der Waals surface area contributed by atoms with Crippen LogP contribution in [-0.2, 0) is 4.79 Å². The molecule has 0 amide bonds. The maximum atomic E-state index is 11.6. The summed E-state index contributed by atoms with van der Waals surface area (Å²) in [4.78, 5) is 11.6. The molecule has 3 rings (SSSR count). The summed E-state index contributed by atoms with van der Waals surface area (Å²) in [6.45, 7) is 0. The van der Waals surface area contributed by atoms with Crippen molar-refractivity contribution in [3.05, 3.63) is 65.7 Å². The number of ether oxygens (including phenoxy) is 1. The molecule has 0 saturated carbocycles. The van der Waals surface area contributed by atoms with Gasteiger partial charge in [-0.25, -0.2) is 0 Å². The van der Waals surface area contributed by atoms with Gasteiger partial charge in [-0.15, -0.1) is 0 Å². The summed E-state index contributed by atoms with van der Waals surface area (Å²) in [5.41, 5.74) is 2.26. The second kappa shape index (κ2) is 4.06. The van der Waals surface area contributed by atoms with E-state index in [0.29, 0.717) is 12.2 Å². The van der Waals surface area contributed by atoms with Gasteiger partial charge in [-0.05, 0) is 11.6 Å². The molecule has 1 unspecified atom stereocenters. The van der Waals surface area contributed by atoms with Gasteiger partial charge in [0.15, 0.2) is 0 Å². The molecule has 2 aromatic rings. The number of carbonyl (C=O) groups excluding carboxylic acids is 1. The third-order valence-electron chi connectivity index (χ3n) is 3.09. The van der Waals surface area contributed by atoms with Gasteiger partial charge in [0.2, 0.25) is 0 Å². The smallest absolute Gasteiger partial charge is 0.312 e. The molecular weight excluding hydrogens is 212 g/mol. The number of hydrogen-bond acceptors (Lipinski definition) is 2. The van der Waals surface area contributed by atoms with Crippen LogP contribution in [0.4, 0.5) is 0 Å². The molecule has 0 spiro atoms. The minimum absolute atomic E-state index is 0.119. The van der Waals surface area contributed by atoms with Gasteiger partial charge < -0.3 is 4.74 Å². The van der Waals surface area contributed by atoms with Gasteiger partial charge in [0, 0.05) is 11.5 Å². The summed E-state index contributed by atoms with van der Waals surface area (Å²) in [5.74, 6) is 0.656. The van der Waals surface area contributed by atoms with Crippen molar-refractivity contribution >= 4 is 5.97 Å². The lowest BCUT2D eigenvalue weighted by molar-refractivity contribution is -0.135. The van der Waals surface area contributed by atoms with Crippen molar-refractivity contribution in [2.24, 2.45) is 0 Å². The zero-order chi connectivity index (χ0) is 11.7. The number of benzene rings is 2. The van der Waals surface area contributed by atoms with Crippen LogP contribution in [0.5, 0.6) is 5.75 Å². The summed E-state index contributed by atoms with van der Waals surface area (Å²) < 4.78 is 5.24. The average Bonchev–Trinajstić information content (AvgIpc) is 2.39. The van der Waals surface area contributed by atoms with Crippen molar-refractivity contribution in [2.75, 3.05) is 0 Å². The fourth-order valence-electron chi connectivity index (χ4n) is 2.29. The Morgan fingerprint density at radius 2 is 1.65 bits per heavy atom. The van der Waals surface area contributed by atoms with Gasteiger partial charge in [0.05, 0.1) is 6.42 Å². The van der Waals surface area contributed by atoms with E-state index < -0.39 is 0 Å². The van der Waals surface area contributed by atoms with Crippen molar-refractivity contribution in [1.82, 2.24) is 0 Å². The van der Waals surface area contributed by atoms with E-state index in [1.165, 1.54) is 0 Å². The fraction of sp³-hybridized carbons (Fsp3) is 0.133. The van der Waals surface area contributed by atoms with E-state index in [9.17, 15) is 4.79 Å². The Morgan fingerprint density at radius 3 is 2.47 bits per heavy atom. The lowest BCUT2D eigenvalue weighted by Gasteiger charge is -2.24. The minimum Gasteiger partial charge on any atom is -0.426 e. The quantitative estimate of drug-likeness (QED) is 0.549. The summed E-state index contributed by atoms with van der Waals surface area (Å²) in [5, 5.41) is 0. The predicted molar refractivity (Wildman–Crippen MR) is 65.0 cm³/mol. The highest BCUT2D eigenvalue weighted by molar-refractivity contribution is 5.77. The molecule has 0 fully saturated rings. The highest BCUT2D eigenvalue weighted by Gasteiger charge is 2.27. The van der Waals surface area contributed by atoms with Crippen molar-refractivity contribution in [3.63, 3.8) is 0 Å². The Bertz CT molecular complexity index is 546. The lowest BCUT2D eigenvalue weighted by Crippen LogP contribution is -2.20. The Hall–Kier alpha value is -2.09. The van der Waals surface area contributed by atoms with Crippen LogP contribution >= 0.6 is 0 Å². The summed E-state index contributed by atoms with van der Waals surface area (Å²) >= 11 is 0. The normalized spacial score (nSPS) is 18.4. The molecule has 1 atom stereocenters. The molecule has 0 N–H and O–H groups in total. The van der Waals surface area contributed by atoms with Crippen molar-refractivity contribution < 1.29 is 9.53 Å². The van der Waals surface area contributed by atoms with Crippen LogP contribution < -0.4 is 4.74 Å². The zero-order valence-electron chi connectivity index (χ0n) is 9.30. The van der Waals surface area contributed by atoms with E-state index in [0.717, 1.165) is 11.1 Å². The minimum atomic E-state index is -0.155. The summed E-state index contributed by atoms with van der Waals surface area (Å²) in [7, 11) is 0. The van der Waals surface area contributed by atoms with E-state index in [1.807, 2.05) is 42.5 Å². The molecular formula is C15H12O2. The van der Waals surface area contributed by atoms with Crippen LogP contribution in [0.2, 0.25) is 0 Å². The van der Waals surface area contributed by atoms with Crippen molar-refractivity contribution in [3.8, 4) is 5.75 Å². The van der Waals surface area contributed by atoms with Crippen molar-refractivity contribution in [1.29, 1.82) is 0 Å². The van der Waals surface area contributed by atoms with Gasteiger partial charge in [-0.2, -0.15) is 0 Å². The zero-order valence-corrected chi connectivity index (χ0v) is 9.30. The van der Waals surface area contributed by atoms with Crippen LogP contribution in [0.25, 0.3) is 0 Å². The first-order valence-corrected chi connectivity index (χ1v) is 5.69. The lowest BCUT2D eigenvalue weighted by atomic mass is 9.86. The first-order valence-electron chi connectivity index (χ1n) is 5.69. The molecule has 17 heavy (non-hydrogen) atoms. The second-order valence-corrected chi connectivity index (χ2v) is 4.18. The average molecular weight is 224 g/mol. The first kappa shape index (κ1) is 10.1. The van der Waals surface area contributed by atoms with Gasteiger partial charge in [-0.1, -0.05) is 48.5 Å². The van der Waals surface area contributed by atoms with Crippen LogP contribution in [0.1, 0.15) is 23.5 Å². The fourth-order valence-corrected chi connectivity index (χ4v) is 2.29. The molecule has 1 heterocycles. The van der Waals surface area contributed by atoms with Gasteiger partial charge >= 0.3 is 5.97 Å². The third-order valence-corrected chi connectivity index (χ3v) is 3.09. The largest absolute Gasteiger partial charge is 0.426 e. The highest BCUT2D eigenvalue weighted by atomic mass is 16.5. The Balaban J connectivity index is 2.10. The standard InChI is InChI=1S/C15H12O2/c16-15-10-13(11-6-2-1-3-7-11)12-8-4-5-9-14(12)17-15/h1-9,13H,10H2. The predicted octanol–water partition coefficient (Wildman–Crippen LogP) is 3.13. The molecule has 84 valence electrons. The molecule has 0 saturated heterocycles. The van der Waals surface area contributed by atoms with E-state index in [2.05, 4.69) is 12.1 Å². The molecule has 2 heteroatoms. The van der Waals surface area contributed by atoms with Crippen molar-refractivity contribution in [2.45, 2.75) is 12.3 Å². The number of esters is 1. The molecule has 2 nitrogen and oxygen atoms in total. The van der Waals surface area contributed by atoms with Crippen LogP contribution in [0.15, 0.2) is 54.6 Å². The van der Waals surface area contributed by atoms with Crippen LogP contribution in [0.3, 0.4) is 0 Å². The maximum absolute atomic E-state index is 11.6. The summed E-state index contributed by atoms with van der Waals surface area (Å²) in [6, 6.07) is 17.8. The molecule has 1 aliphatic rings. The second-order valence-electron chi connectivity index (χ2n) is 4.18. The molecule has 0 bridgehead atoms. The molecule has 1 aliphatic heterocycles. The van der Waals surface area contributed by atoms with E-state index in [-0.39, 0.29) is 11.9 Å². The number of fused-ring (bicyclic) bond motifs is 1. The van der Waals surface area contributed by atoms with E-state index in [1.54, 1.807) is 0 Å². The summed E-state index contributed by atoms with van der Waals surface area (Å²) in [6.07, 6.45) is 0.418. The number of carbonyl (C=O) groups is 1. The Kier molecular flexibility index (Phi) is 2.41. The highest BCUT2D eigenvalue weighted by Crippen LogP contribution is 2.38. The number of hydrogen-bond donors (Lipinski definition) is 0. The number of para-hydroxylation sites is 1. The number of rotatable bonds is 1. The van der Waals surface area contributed by atoms with Gasteiger partial charge in [-0.3, -0.25) is 4.79 Å². The Morgan fingerprint density at radius 1 is 0.941 bits per heavy atom. The van der Waals surface area contributed by atoms with E-state index >= 15 is 0 Å². The van der Waals surface area contributed by atoms with Gasteiger partial charge in [0.25, 0.3) is 0 Å². The topological polar surface area (TPSA) is 26.3 Å². The third kappa shape index (κ3) is 1.82.